The first-order valence-corrected chi connectivity index (χ1v) is 6.47. The molecule has 0 aromatic heterocycles. The van der Waals surface area contributed by atoms with E-state index in [4.69, 9.17) is 10.2 Å². The van der Waals surface area contributed by atoms with Crippen LogP contribution in [0.25, 0.3) is 0 Å². The standard InChI is InChI=1S/C8H14N2O8S/c1-4(2)18-8(15)10-19(16,17)9-5(7(13)14)3-6(11)12/h4-5,9H,3H2,1-2H3,(H,10,15)(H,11,12)(H,13,14). The number of nitrogens with one attached hydrogen (secondary N) is 2. The highest BCUT2D eigenvalue weighted by Crippen LogP contribution is 1.96. The molecule has 1 atom stereocenters. The van der Waals surface area contributed by atoms with E-state index in [0.29, 0.717) is 0 Å². The molecule has 0 aromatic rings. The lowest BCUT2D eigenvalue weighted by molar-refractivity contribution is -0.145. The van der Waals surface area contributed by atoms with Crippen molar-refractivity contribution in [2.75, 3.05) is 0 Å². The van der Waals surface area contributed by atoms with Crippen LogP contribution in [0, 0.1) is 0 Å². The van der Waals surface area contributed by atoms with Crippen molar-refractivity contribution in [3.05, 3.63) is 0 Å². The maximum absolute atomic E-state index is 11.3. The summed E-state index contributed by atoms with van der Waals surface area (Å²) < 4.78 is 30.1. The Labute approximate surface area is 108 Å². The monoisotopic (exact) mass is 298 g/mol. The van der Waals surface area contributed by atoms with Gasteiger partial charge in [0.05, 0.1) is 12.5 Å². The molecule has 0 saturated carbocycles. The van der Waals surface area contributed by atoms with Crippen LogP contribution >= 0.6 is 0 Å². The van der Waals surface area contributed by atoms with E-state index in [2.05, 4.69) is 4.74 Å². The van der Waals surface area contributed by atoms with Gasteiger partial charge in [-0.2, -0.15) is 13.1 Å². The molecule has 0 radical (unpaired) electrons. The van der Waals surface area contributed by atoms with Gasteiger partial charge in [0.15, 0.2) is 0 Å². The second kappa shape index (κ2) is 6.89. The topological polar surface area (TPSA) is 159 Å². The van der Waals surface area contributed by atoms with Gasteiger partial charge in [-0.05, 0) is 13.8 Å². The molecule has 10 nitrogen and oxygen atoms in total. The second-order valence-electron chi connectivity index (χ2n) is 3.67. The SMILES string of the molecule is CC(C)OC(=O)NS(=O)(=O)NC(CC(=O)O)C(=O)O. The summed E-state index contributed by atoms with van der Waals surface area (Å²) in [5, 5.41) is 17.1. The summed E-state index contributed by atoms with van der Waals surface area (Å²) in [6.07, 6.45) is -2.86. The van der Waals surface area contributed by atoms with Gasteiger partial charge in [-0.25, -0.2) is 9.52 Å². The number of rotatable bonds is 7. The van der Waals surface area contributed by atoms with Gasteiger partial charge >= 0.3 is 28.2 Å². The van der Waals surface area contributed by atoms with Crippen LogP contribution in [0.15, 0.2) is 0 Å². The summed E-state index contributed by atoms with van der Waals surface area (Å²) in [6, 6.07) is -1.90. The van der Waals surface area contributed by atoms with Crippen LogP contribution in [0.1, 0.15) is 20.3 Å². The first kappa shape index (κ1) is 17.1. The van der Waals surface area contributed by atoms with Crippen LogP contribution in [0.3, 0.4) is 0 Å². The molecule has 1 unspecified atom stereocenters. The smallest absolute Gasteiger partial charge is 0.422 e. The second-order valence-corrected chi connectivity index (χ2v) is 5.11. The van der Waals surface area contributed by atoms with Crippen molar-refractivity contribution in [3.8, 4) is 0 Å². The van der Waals surface area contributed by atoms with Crippen LogP contribution in [0.5, 0.6) is 0 Å². The first-order chi connectivity index (χ1) is 8.53. The Hall–Kier alpha value is -1.88. The zero-order valence-corrected chi connectivity index (χ0v) is 10.9. The van der Waals surface area contributed by atoms with Crippen LogP contribution < -0.4 is 9.44 Å². The predicted octanol–water partition coefficient (Wildman–Crippen LogP) is -1.12. The van der Waals surface area contributed by atoms with E-state index in [9.17, 15) is 22.8 Å². The number of hydrogen-bond donors (Lipinski definition) is 4. The zero-order chi connectivity index (χ0) is 15.2. The van der Waals surface area contributed by atoms with E-state index >= 15 is 0 Å². The highest BCUT2D eigenvalue weighted by atomic mass is 32.2. The lowest BCUT2D eigenvalue weighted by Crippen LogP contribution is -2.49. The molecule has 0 spiro atoms. The number of ether oxygens (including phenoxy) is 1. The third-order valence-corrected chi connectivity index (χ3v) is 2.56. The van der Waals surface area contributed by atoms with E-state index in [1.165, 1.54) is 23.3 Å². The molecule has 0 heterocycles. The van der Waals surface area contributed by atoms with Gasteiger partial charge in [0, 0.05) is 0 Å². The third kappa shape index (κ3) is 7.94. The summed E-state index contributed by atoms with van der Waals surface area (Å²) in [5.41, 5.74) is 0. The van der Waals surface area contributed by atoms with Gasteiger partial charge in [0.25, 0.3) is 0 Å². The average molecular weight is 298 g/mol. The minimum atomic E-state index is -4.53. The number of carbonyl (C=O) groups is 3. The van der Waals surface area contributed by atoms with E-state index < -0.39 is 46.8 Å². The van der Waals surface area contributed by atoms with E-state index in [1.54, 1.807) is 0 Å². The number of hydrogen-bond acceptors (Lipinski definition) is 6. The van der Waals surface area contributed by atoms with E-state index in [-0.39, 0.29) is 0 Å². The maximum atomic E-state index is 11.3. The number of carboxylic acid groups (broad SMARTS) is 2. The fourth-order valence-electron chi connectivity index (χ4n) is 0.919. The van der Waals surface area contributed by atoms with Gasteiger partial charge in [-0.1, -0.05) is 0 Å². The molecule has 110 valence electrons. The molecule has 0 aromatic carbocycles. The molecular weight excluding hydrogens is 284 g/mol. The Morgan fingerprint density at radius 1 is 1.21 bits per heavy atom. The number of amides is 1. The normalized spacial score (nSPS) is 12.8. The molecule has 4 N–H and O–H groups in total. The number of aliphatic carboxylic acids is 2. The van der Waals surface area contributed by atoms with Gasteiger partial charge < -0.3 is 14.9 Å². The molecule has 0 aliphatic carbocycles. The van der Waals surface area contributed by atoms with Crippen LogP contribution in [0.2, 0.25) is 0 Å². The summed E-state index contributed by atoms with van der Waals surface area (Å²) in [4.78, 5) is 32.0. The van der Waals surface area contributed by atoms with E-state index in [1.807, 2.05) is 0 Å². The van der Waals surface area contributed by atoms with Gasteiger partial charge in [-0.15, -0.1) is 0 Å². The van der Waals surface area contributed by atoms with Gasteiger partial charge in [-0.3, -0.25) is 9.59 Å². The molecule has 0 fully saturated rings. The fourth-order valence-corrected chi connectivity index (χ4v) is 1.80. The Balaban J connectivity index is 4.68. The molecular formula is C8H14N2O8S. The first-order valence-electron chi connectivity index (χ1n) is 4.98. The maximum Gasteiger partial charge on any atom is 0.422 e. The molecule has 0 rings (SSSR count). The van der Waals surface area contributed by atoms with Gasteiger partial charge in [0.2, 0.25) is 0 Å². The molecule has 19 heavy (non-hydrogen) atoms. The third-order valence-electron chi connectivity index (χ3n) is 1.53. The number of carboxylic acids is 2. The average Bonchev–Trinajstić information content (AvgIpc) is 2.11. The lowest BCUT2D eigenvalue weighted by Gasteiger charge is -2.14. The number of carbonyl (C=O) groups excluding carboxylic acids is 1. The lowest BCUT2D eigenvalue weighted by atomic mass is 10.2. The molecule has 0 aliphatic rings. The summed E-state index contributed by atoms with van der Waals surface area (Å²) in [5.74, 6) is -3.20. The minimum Gasteiger partial charge on any atom is -0.481 e. The summed E-state index contributed by atoms with van der Waals surface area (Å²) >= 11 is 0. The molecule has 1 amide bonds. The van der Waals surface area contributed by atoms with Crippen molar-refractivity contribution in [1.82, 2.24) is 9.44 Å². The van der Waals surface area contributed by atoms with Crippen LogP contribution in [-0.2, 0) is 24.5 Å². The fraction of sp³-hybridized carbons (Fsp3) is 0.625. The highest BCUT2D eigenvalue weighted by molar-refractivity contribution is 7.88. The quantitative estimate of drug-likeness (QED) is 0.460. The summed E-state index contributed by atoms with van der Waals surface area (Å²) in [7, 11) is -4.53. The van der Waals surface area contributed by atoms with Crippen LogP contribution in [0.4, 0.5) is 4.79 Å². The van der Waals surface area contributed by atoms with Crippen molar-refractivity contribution in [2.45, 2.75) is 32.4 Å². The van der Waals surface area contributed by atoms with Crippen molar-refractivity contribution in [2.24, 2.45) is 0 Å². The largest absolute Gasteiger partial charge is 0.481 e. The zero-order valence-electron chi connectivity index (χ0n) is 10.1. The van der Waals surface area contributed by atoms with Crippen molar-refractivity contribution >= 4 is 28.2 Å². The minimum absolute atomic E-state index is 0.579. The highest BCUT2D eigenvalue weighted by Gasteiger charge is 2.27. The Bertz CT molecular complexity index is 457. The Morgan fingerprint density at radius 2 is 1.74 bits per heavy atom. The van der Waals surface area contributed by atoms with Crippen LogP contribution in [-0.4, -0.2) is 48.8 Å². The molecule has 0 bridgehead atoms. The van der Waals surface area contributed by atoms with Gasteiger partial charge in [0.1, 0.15) is 6.04 Å². The molecule has 0 saturated heterocycles. The molecule has 0 aliphatic heterocycles. The van der Waals surface area contributed by atoms with Crippen molar-refractivity contribution < 1.29 is 37.8 Å². The molecule has 11 heteroatoms. The van der Waals surface area contributed by atoms with Crippen molar-refractivity contribution in [1.29, 1.82) is 0 Å². The van der Waals surface area contributed by atoms with E-state index in [0.717, 1.165) is 0 Å². The Morgan fingerprint density at radius 3 is 2.11 bits per heavy atom. The Kier molecular flexibility index (Phi) is 6.21. The summed E-state index contributed by atoms with van der Waals surface area (Å²) in [6.45, 7) is 2.95. The predicted molar refractivity (Wildman–Crippen MR) is 60.5 cm³/mol. The van der Waals surface area contributed by atoms with Crippen molar-refractivity contribution in [3.63, 3.8) is 0 Å².